The van der Waals surface area contributed by atoms with Crippen LogP contribution in [0, 0.1) is 0 Å². The van der Waals surface area contributed by atoms with Crippen LogP contribution in [0.15, 0.2) is 18.2 Å². The Bertz CT molecular complexity index is 484. The topological polar surface area (TPSA) is 25.8 Å². The lowest BCUT2D eigenvalue weighted by Crippen LogP contribution is -1.91. The molecule has 15 heavy (non-hydrogen) atoms. The van der Waals surface area contributed by atoms with Gasteiger partial charge in [-0.15, -0.1) is 0 Å². The van der Waals surface area contributed by atoms with Crippen LogP contribution in [0.1, 0.15) is 11.4 Å². The highest BCUT2D eigenvalue weighted by Crippen LogP contribution is 2.23. The molecule has 6 heteroatoms. The van der Waals surface area contributed by atoms with Gasteiger partial charge in [0.2, 0.25) is 4.47 Å². The largest absolute Gasteiger partial charge is 0.208 e. The van der Waals surface area contributed by atoms with E-state index in [1.807, 2.05) is 6.07 Å². The van der Waals surface area contributed by atoms with E-state index in [0.717, 1.165) is 5.56 Å². The highest BCUT2D eigenvalue weighted by Gasteiger charge is 2.06. The van der Waals surface area contributed by atoms with E-state index in [9.17, 15) is 0 Å². The number of halogens is 3. The lowest BCUT2D eigenvalue weighted by Gasteiger charge is -2.01. The molecule has 0 radical (unpaired) electrons. The first-order valence-electron chi connectivity index (χ1n) is 4.07. The van der Waals surface area contributed by atoms with Gasteiger partial charge < -0.3 is 0 Å². The Morgan fingerprint density at radius 1 is 1.20 bits per heavy atom. The maximum absolute atomic E-state index is 6.02. The van der Waals surface area contributed by atoms with Crippen LogP contribution in [0.5, 0.6) is 0 Å². The molecular weight excluding hydrogens is 275 g/mol. The van der Waals surface area contributed by atoms with Crippen LogP contribution in [0.2, 0.25) is 14.5 Å². The van der Waals surface area contributed by atoms with Crippen molar-refractivity contribution in [3.8, 4) is 0 Å². The van der Waals surface area contributed by atoms with Gasteiger partial charge in [0.05, 0.1) is 0 Å². The Morgan fingerprint density at radius 2 is 2.00 bits per heavy atom. The molecule has 2 rings (SSSR count). The fraction of sp³-hybridized carbons (Fsp3) is 0.111. The second-order valence-corrected chi connectivity index (χ2v) is 5.05. The van der Waals surface area contributed by atoms with E-state index in [0.29, 0.717) is 26.8 Å². The summed E-state index contributed by atoms with van der Waals surface area (Å²) in [6.07, 6.45) is 0.569. The number of nitrogens with zero attached hydrogens (tertiary/aromatic N) is 2. The van der Waals surface area contributed by atoms with E-state index >= 15 is 0 Å². The fourth-order valence-electron chi connectivity index (χ4n) is 1.14. The summed E-state index contributed by atoms with van der Waals surface area (Å²) in [5.74, 6) is 0.675. The molecule has 0 spiro atoms. The smallest absolute Gasteiger partial charge is 0.203 e. The van der Waals surface area contributed by atoms with Crippen LogP contribution in [-0.2, 0) is 6.42 Å². The van der Waals surface area contributed by atoms with Crippen LogP contribution < -0.4 is 0 Å². The molecule has 2 nitrogen and oxygen atoms in total. The molecule has 1 aromatic heterocycles. The second kappa shape index (κ2) is 4.66. The zero-order valence-corrected chi connectivity index (χ0v) is 10.5. The van der Waals surface area contributed by atoms with Crippen molar-refractivity contribution in [1.82, 2.24) is 9.36 Å². The van der Waals surface area contributed by atoms with E-state index in [1.54, 1.807) is 12.1 Å². The second-order valence-electron chi connectivity index (χ2n) is 2.88. The van der Waals surface area contributed by atoms with Crippen molar-refractivity contribution in [2.45, 2.75) is 6.42 Å². The summed E-state index contributed by atoms with van der Waals surface area (Å²) in [7, 11) is 0. The zero-order valence-electron chi connectivity index (χ0n) is 7.38. The standard InChI is InChI=1S/C9H5Cl3N2S/c10-6-2-1-5(7(11)4-6)3-8-13-9(12)15-14-8/h1-2,4H,3H2. The molecule has 0 saturated carbocycles. The van der Waals surface area contributed by atoms with Gasteiger partial charge in [-0.1, -0.05) is 29.3 Å². The van der Waals surface area contributed by atoms with Crippen LogP contribution in [0.3, 0.4) is 0 Å². The van der Waals surface area contributed by atoms with Crippen LogP contribution >= 0.6 is 46.3 Å². The summed E-state index contributed by atoms with van der Waals surface area (Å²) in [4.78, 5) is 4.05. The summed E-state index contributed by atoms with van der Waals surface area (Å²) < 4.78 is 4.52. The van der Waals surface area contributed by atoms with Crippen LogP contribution in [0.25, 0.3) is 0 Å². The molecule has 78 valence electrons. The van der Waals surface area contributed by atoms with Crippen molar-refractivity contribution in [2.75, 3.05) is 0 Å². The normalized spacial score (nSPS) is 10.6. The third kappa shape index (κ3) is 2.82. The maximum atomic E-state index is 6.02. The molecule has 0 amide bonds. The third-order valence-corrected chi connectivity index (χ3v) is 3.23. The average Bonchev–Trinajstić information content (AvgIpc) is 2.56. The van der Waals surface area contributed by atoms with E-state index in [1.165, 1.54) is 11.5 Å². The molecule has 0 bridgehead atoms. The van der Waals surface area contributed by atoms with E-state index < -0.39 is 0 Å². The van der Waals surface area contributed by atoms with Gasteiger partial charge in [-0.2, -0.15) is 4.37 Å². The van der Waals surface area contributed by atoms with Crippen molar-refractivity contribution in [1.29, 1.82) is 0 Å². The zero-order chi connectivity index (χ0) is 10.8. The van der Waals surface area contributed by atoms with Gasteiger partial charge >= 0.3 is 0 Å². The molecule has 2 aromatic rings. The predicted octanol–water partition coefficient (Wildman–Crippen LogP) is 4.09. The third-order valence-electron chi connectivity index (χ3n) is 1.81. The molecule has 0 atom stereocenters. The van der Waals surface area contributed by atoms with Crippen LogP contribution in [-0.4, -0.2) is 9.36 Å². The Balaban J connectivity index is 2.24. The lowest BCUT2D eigenvalue weighted by molar-refractivity contribution is 1.04. The Kier molecular flexibility index (Phi) is 3.46. The summed E-state index contributed by atoms with van der Waals surface area (Å²) in [6.45, 7) is 0. The van der Waals surface area contributed by atoms with E-state index in [4.69, 9.17) is 34.8 Å². The molecule has 0 aliphatic rings. The molecular formula is C9H5Cl3N2S. The van der Waals surface area contributed by atoms with Crippen molar-refractivity contribution in [3.63, 3.8) is 0 Å². The van der Waals surface area contributed by atoms with Gasteiger partial charge in [0, 0.05) is 16.5 Å². The monoisotopic (exact) mass is 278 g/mol. The molecule has 0 fully saturated rings. The molecule has 0 aliphatic carbocycles. The van der Waals surface area contributed by atoms with Gasteiger partial charge in [-0.3, -0.25) is 0 Å². The molecule has 0 saturated heterocycles. The highest BCUT2D eigenvalue weighted by molar-refractivity contribution is 7.10. The van der Waals surface area contributed by atoms with E-state index in [2.05, 4.69) is 9.36 Å². The predicted molar refractivity (Wildman–Crippen MR) is 64.2 cm³/mol. The molecule has 0 unspecified atom stereocenters. The minimum atomic E-state index is 0.440. The van der Waals surface area contributed by atoms with Crippen LogP contribution in [0.4, 0.5) is 0 Å². The van der Waals surface area contributed by atoms with Gasteiger partial charge in [0.25, 0.3) is 0 Å². The van der Waals surface area contributed by atoms with Crippen molar-refractivity contribution < 1.29 is 0 Å². The first-order valence-corrected chi connectivity index (χ1v) is 5.98. The Hall–Kier alpha value is -0.350. The van der Waals surface area contributed by atoms with Crippen molar-refractivity contribution >= 4 is 46.3 Å². The molecule has 1 aromatic carbocycles. The van der Waals surface area contributed by atoms with E-state index in [-0.39, 0.29) is 0 Å². The quantitative estimate of drug-likeness (QED) is 0.827. The van der Waals surface area contributed by atoms with Gasteiger partial charge in [-0.05, 0) is 40.8 Å². The SMILES string of the molecule is Clc1ccc(Cc2nsc(Cl)n2)c(Cl)c1. The first-order chi connectivity index (χ1) is 7.15. The fourth-order valence-corrected chi connectivity index (χ4v) is 2.25. The molecule has 0 N–H and O–H groups in total. The number of aromatic nitrogens is 2. The average molecular weight is 280 g/mol. The molecule has 0 aliphatic heterocycles. The summed E-state index contributed by atoms with van der Waals surface area (Å²) in [5, 5.41) is 1.24. The van der Waals surface area contributed by atoms with Gasteiger partial charge in [0.1, 0.15) is 5.82 Å². The summed E-state index contributed by atoms with van der Waals surface area (Å²) in [5.41, 5.74) is 0.940. The Morgan fingerprint density at radius 3 is 2.60 bits per heavy atom. The lowest BCUT2D eigenvalue weighted by atomic mass is 10.1. The minimum Gasteiger partial charge on any atom is -0.208 e. The number of hydrogen-bond acceptors (Lipinski definition) is 3. The first kappa shape index (κ1) is 11.1. The summed E-state index contributed by atoms with van der Waals surface area (Å²) >= 11 is 18.7. The maximum Gasteiger partial charge on any atom is 0.203 e. The van der Waals surface area contributed by atoms with Gasteiger partial charge in [0.15, 0.2) is 0 Å². The van der Waals surface area contributed by atoms with Crippen molar-refractivity contribution in [2.24, 2.45) is 0 Å². The van der Waals surface area contributed by atoms with Gasteiger partial charge in [-0.25, -0.2) is 4.98 Å². The number of hydrogen-bond donors (Lipinski definition) is 0. The molecule has 1 heterocycles. The van der Waals surface area contributed by atoms with Crippen molar-refractivity contribution in [3.05, 3.63) is 44.1 Å². The minimum absolute atomic E-state index is 0.440. The number of benzene rings is 1. The Labute approximate surface area is 106 Å². The summed E-state index contributed by atoms with van der Waals surface area (Å²) in [6, 6.07) is 5.35. The highest BCUT2D eigenvalue weighted by atomic mass is 35.5. The number of rotatable bonds is 2.